The highest BCUT2D eigenvalue weighted by molar-refractivity contribution is 5.95. The number of nitrogen functional groups attached to an aromatic ring is 1. The zero-order valence-corrected chi connectivity index (χ0v) is 11.3. The monoisotopic (exact) mass is 250 g/mol. The number of nitrogens with two attached hydrogens (primary N) is 1. The van der Waals surface area contributed by atoms with Crippen molar-refractivity contribution in [2.24, 2.45) is 0 Å². The summed E-state index contributed by atoms with van der Waals surface area (Å²) < 4.78 is 0. The fourth-order valence-corrected chi connectivity index (χ4v) is 1.93. The van der Waals surface area contributed by atoms with E-state index in [4.69, 9.17) is 10.8 Å². The first-order chi connectivity index (χ1) is 8.45. The fourth-order valence-electron chi connectivity index (χ4n) is 1.93. The average molecular weight is 250 g/mol. The van der Waals surface area contributed by atoms with Crippen molar-refractivity contribution in [2.75, 3.05) is 11.1 Å². The van der Waals surface area contributed by atoms with Crippen molar-refractivity contribution in [3.05, 3.63) is 23.3 Å². The number of carboxylic acid groups (broad SMARTS) is 1. The molecule has 4 heteroatoms. The minimum absolute atomic E-state index is 0.167. The first-order valence-corrected chi connectivity index (χ1v) is 6.35. The Labute approximate surface area is 108 Å². The summed E-state index contributed by atoms with van der Waals surface area (Å²) in [5.74, 6) is -0.986. The molecule has 100 valence electrons. The van der Waals surface area contributed by atoms with E-state index in [-0.39, 0.29) is 5.56 Å². The number of aryl methyl sites for hydroxylation is 1. The van der Waals surface area contributed by atoms with Crippen LogP contribution in [-0.4, -0.2) is 17.1 Å². The molecule has 0 saturated carbocycles. The molecule has 18 heavy (non-hydrogen) atoms. The van der Waals surface area contributed by atoms with Crippen LogP contribution in [-0.2, 0) is 0 Å². The van der Waals surface area contributed by atoms with Crippen LogP contribution in [0.1, 0.15) is 49.0 Å². The maximum absolute atomic E-state index is 11.1. The van der Waals surface area contributed by atoms with Gasteiger partial charge in [-0.25, -0.2) is 4.79 Å². The van der Waals surface area contributed by atoms with E-state index in [2.05, 4.69) is 19.2 Å². The molecule has 0 heterocycles. The van der Waals surface area contributed by atoms with Gasteiger partial charge in [-0.05, 0) is 38.0 Å². The minimum Gasteiger partial charge on any atom is -0.478 e. The second-order valence-corrected chi connectivity index (χ2v) is 4.75. The lowest BCUT2D eigenvalue weighted by Gasteiger charge is -2.17. The molecule has 0 aliphatic rings. The van der Waals surface area contributed by atoms with Gasteiger partial charge in [0.2, 0.25) is 0 Å². The number of unbranched alkanes of at least 4 members (excludes halogenated alkanes) is 1. The van der Waals surface area contributed by atoms with E-state index in [0.29, 0.717) is 11.7 Å². The normalized spacial score (nSPS) is 12.2. The first-order valence-electron chi connectivity index (χ1n) is 6.35. The maximum Gasteiger partial charge on any atom is 0.337 e. The Hall–Kier alpha value is -1.71. The van der Waals surface area contributed by atoms with Crippen LogP contribution in [0.2, 0.25) is 0 Å². The van der Waals surface area contributed by atoms with Gasteiger partial charge in [-0.15, -0.1) is 0 Å². The Balaban J connectivity index is 2.87. The molecule has 0 aliphatic carbocycles. The van der Waals surface area contributed by atoms with Gasteiger partial charge in [-0.1, -0.05) is 19.8 Å². The number of hydrogen-bond donors (Lipinski definition) is 3. The number of carboxylic acids is 1. The molecule has 0 aromatic heterocycles. The molecule has 0 bridgehead atoms. The van der Waals surface area contributed by atoms with E-state index in [9.17, 15) is 4.79 Å². The van der Waals surface area contributed by atoms with Crippen molar-refractivity contribution in [3.8, 4) is 0 Å². The summed E-state index contributed by atoms with van der Waals surface area (Å²) in [7, 11) is 0. The molecule has 0 radical (unpaired) electrons. The standard InChI is InChI=1S/C14H22N2O2/c1-4-5-6-10(3)16-11-7-9(2)13(15)12(8-11)14(17)18/h7-8,10,16H,4-6,15H2,1-3H3,(H,17,18). The lowest BCUT2D eigenvalue weighted by atomic mass is 10.1. The van der Waals surface area contributed by atoms with Crippen molar-refractivity contribution in [1.29, 1.82) is 0 Å². The van der Waals surface area contributed by atoms with Crippen molar-refractivity contribution in [2.45, 2.75) is 46.1 Å². The van der Waals surface area contributed by atoms with Gasteiger partial charge in [-0.2, -0.15) is 0 Å². The number of nitrogens with one attached hydrogen (secondary N) is 1. The number of anilines is 2. The summed E-state index contributed by atoms with van der Waals surface area (Å²) in [5, 5.41) is 12.4. The summed E-state index contributed by atoms with van der Waals surface area (Å²) in [6, 6.07) is 3.83. The summed E-state index contributed by atoms with van der Waals surface area (Å²) in [5.41, 5.74) is 7.88. The smallest absolute Gasteiger partial charge is 0.337 e. The fraction of sp³-hybridized carbons (Fsp3) is 0.500. The molecule has 1 aromatic carbocycles. The van der Waals surface area contributed by atoms with E-state index in [1.165, 1.54) is 0 Å². The highest BCUT2D eigenvalue weighted by Crippen LogP contribution is 2.23. The Kier molecular flexibility index (Phi) is 5.01. The summed E-state index contributed by atoms with van der Waals surface area (Å²) >= 11 is 0. The van der Waals surface area contributed by atoms with Gasteiger partial charge in [0, 0.05) is 17.4 Å². The molecule has 0 aliphatic heterocycles. The molecule has 0 saturated heterocycles. The van der Waals surface area contributed by atoms with Crippen LogP contribution in [0.4, 0.5) is 11.4 Å². The van der Waals surface area contributed by atoms with Crippen molar-refractivity contribution in [1.82, 2.24) is 0 Å². The predicted molar refractivity (Wildman–Crippen MR) is 75.2 cm³/mol. The van der Waals surface area contributed by atoms with Gasteiger partial charge in [0.15, 0.2) is 0 Å². The van der Waals surface area contributed by atoms with Crippen LogP contribution in [0.25, 0.3) is 0 Å². The van der Waals surface area contributed by atoms with Gasteiger partial charge in [-0.3, -0.25) is 0 Å². The molecular formula is C14H22N2O2. The van der Waals surface area contributed by atoms with Crippen LogP contribution in [0.3, 0.4) is 0 Å². The van der Waals surface area contributed by atoms with E-state index in [1.54, 1.807) is 6.07 Å². The molecule has 1 aromatic rings. The maximum atomic E-state index is 11.1. The Morgan fingerprint density at radius 3 is 2.72 bits per heavy atom. The summed E-state index contributed by atoms with van der Waals surface area (Å²) in [6.45, 7) is 6.08. The van der Waals surface area contributed by atoms with E-state index < -0.39 is 5.97 Å². The largest absolute Gasteiger partial charge is 0.478 e. The highest BCUT2D eigenvalue weighted by atomic mass is 16.4. The molecule has 4 N–H and O–H groups in total. The number of benzene rings is 1. The third kappa shape index (κ3) is 3.65. The number of aromatic carboxylic acids is 1. The Bertz CT molecular complexity index is 430. The first kappa shape index (κ1) is 14.4. The highest BCUT2D eigenvalue weighted by Gasteiger charge is 2.12. The molecule has 1 rings (SSSR count). The minimum atomic E-state index is -0.986. The van der Waals surface area contributed by atoms with Crippen LogP contribution >= 0.6 is 0 Å². The van der Waals surface area contributed by atoms with E-state index in [0.717, 1.165) is 30.5 Å². The number of carbonyl (C=O) groups is 1. The quantitative estimate of drug-likeness (QED) is 0.677. The summed E-state index contributed by atoms with van der Waals surface area (Å²) in [4.78, 5) is 11.1. The molecular weight excluding hydrogens is 228 g/mol. The molecule has 0 spiro atoms. The SMILES string of the molecule is CCCCC(C)Nc1cc(C)c(N)c(C(=O)O)c1. The van der Waals surface area contributed by atoms with Crippen LogP contribution in [0.15, 0.2) is 12.1 Å². The predicted octanol–water partition coefficient (Wildman–Crippen LogP) is 3.27. The zero-order valence-electron chi connectivity index (χ0n) is 11.3. The summed E-state index contributed by atoms with van der Waals surface area (Å²) in [6.07, 6.45) is 3.39. The van der Waals surface area contributed by atoms with Crippen molar-refractivity contribution in [3.63, 3.8) is 0 Å². The molecule has 4 nitrogen and oxygen atoms in total. The van der Waals surface area contributed by atoms with Crippen LogP contribution in [0.5, 0.6) is 0 Å². The second-order valence-electron chi connectivity index (χ2n) is 4.75. The Morgan fingerprint density at radius 2 is 2.17 bits per heavy atom. The molecule has 1 atom stereocenters. The van der Waals surface area contributed by atoms with Gasteiger partial charge < -0.3 is 16.2 Å². The number of hydrogen-bond acceptors (Lipinski definition) is 3. The number of rotatable bonds is 6. The van der Waals surface area contributed by atoms with Gasteiger partial charge in [0.25, 0.3) is 0 Å². The zero-order chi connectivity index (χ0) is 13.7. The van der Waals surface area contributed by atoms with Crippen LogP contribution < -0.4 is 11.1 Å². The van der Waals surface area contributed by atoms with Gasteiger partial charge in [0.1, 0.15) is 0 Å². The van der Waals surface area contributed by atoms with Crippen molar-refractivity contribution >= 4 is 17.3 Å². The molecule has 0 amide bonds. The van der Waals surface area contributed by atoms with E-state index in [1.807, 2.05) is 13.0 Å². The average Bonchev–Trinajstić information content (AvgIpc) is 2.30. The van der Waals surface area contributed by atoms with Crippen molar-refractivity contribution < 1.29 is 9.90 Å². The molecule has 1 unspecified atom stereocenters. The Morgan fingerprint density at radius 1 is 1.50 bits per heavy atom. The lowest BCUT2D eigenvalue weighted by molar-refractivity contribution is 0.0698. The van der Waals surface area contributed by atoms with E-state index >= 15 is 0 Å². The van der Waals surface area contributed by atoms with Crippen LogP contribution in [0, 0.1) is 6.92 Å². The van der Waals surface area contributed by atoms with Gasteiger partial charge in [0.05, 0.1) is 5.56 Å². The molecule has 0 fully saturated rings. The lowest BCUT2D eigenvalue weighted by Crippen LogP contribution is -2.16. The third-order valence-corrected chi connectivity index (χ3v) is 3.02. The third-order valence-electron chi connectivity index (χ3n) is 3.02. The topological polar surface area (TPSA) is 75.3 Å². The second kappa shape index (κ2) is 6.28. The van der Waals surface area contributed by atoms with Gasteiger partial charge >= 0.3 is 5.97 Å².